The predicted molar refractivity (Wildman–Crippen MR) is 58.4 cm³/mol. The molecule has 0 aliphatic rings. The fraction of sp³-hybridized carbons (Fsp3) is 0.111. The first kappa shape index (κ1) is 10.9. The van der Waals surface area contributed by atoms with Crippen molar-refractivity contribution in [2.45, 2.75) is 0 Å². The molecule has 0 bridgehead atoms. The number of nitrogens with zero attached hydrogens (tertiary/aromatic N) is 1. The van der Waals surface area contributed by atoms with Gasteiger partial charge in [-0.05, 0) is 0 Å². The van der Waals surface area contributed by atoms with E-state index in [4.69, 9.17) is 4.74 Å². The minimum absolute atomic E-state index is 0.0416. The first-order chi connectivity index (χ1) is 8.02. The number of rotatable bonds is 2. The van der Waals surface area contributed by atoms with Crippen LogP contribution in [0.4, 0.5) is 5.69 Å². The number of ether oxygens (including phenoxy) is 1. The summed E-state index contributed by atoms with van der Waals surface area (Å²) in [6.45, 7) is 0. The fourth-order valence-electron chi connectivity index (χ4n) is 1.49. The zero-order valence-corrected chi connectivity index (χ0v) is 8.64. The van der Waals surface area contributed by atoms with Crippen LogP contribution in [0.1, 0.15) is 0 Å². The fourth-order valence-corrected chi connectivity index (χ4v) is 1.49. The van der Waals surface area contributed by atoms with Crippen LogP contribution in [0.2, 0.25) is 0 Å². The highest BCUT2D eigenvalue weighted by atomic mass is 16.6. The highest BCUT2D eigenvalue weighted by Crippen LogP contribution is 2.29. The molecule has 8 nitrogen and oxygen atoms in total. The van der Waals surface area contributed by atoms with Crippen LogP contribution >= 0.6 is 0 Å². The Bertz CT molecular complexity index is 715. The van der Waals surface area contributed by atoms with Crippen LogP contribution in [0.15, 0.2) is 21.7 Å². The van der Waals surface area contributed by atoms with Crippen molar-refractivity contribution in [3.8, 4) is 5.75 Å². The quantitative estimate of drug-likeness (QED) is 0.568. The molecule has 1 aromatic carbocycles. The molecule has 0 saturated heterocycles. The van der Waals surface area contributed by atoms with Crippen molar-refractivity contribution < 1.29 is 9.66 Å². The highest BCUT2D eigenvalue weighted by molar-refractivity contribution is 5.82. The zero-order chi connectivity index (χ0) is 12.6. The van der Waals surface area contributed by atoms with Gasteiger partial charge < -0.3 is 9.72 Å². The molecule has 0 unspecified atom stereocenters. The van der Waals surface area contributed by atoms with Gasteiger partial charge in [0, 0.05) is 12.1 Å². The second kappa shape index (κ2) is 3.74. The van der Waals surface area contributed by atoms with Crippen molar-refractivity contribution in [3.63, 3.8) is 0 Å². The minimum atomic E-state index is -0.720. The third-order valence-corrected chi connectivity index (χ3v) is 2.24. The second-order valence-electron chi connectivity index (χ2n) is 3.23. The lowest BCUT2D eigenvalue weighted by Gasteiger charge is -2.02. The number of aromatic amines is 2. The minimum Gasteiger partial charge on any atom is -0.490 e. The van der Waals surface area contributed by atoms with E-state index in [1.807, 2.05) is 4.98 Å². The average molecular weight is 237 g/mol. The number of benzene rings is 1. The molecule has 1 aromatic heterocycles. The first-order valence-electron chi connectivity index (χ1n) is 4.51. The molecular weight excluding hydrogens is 230 g/mol. The summed E-state index contributed by atoms with van der Waals surface area (Å²) in [7, 11) is 1.26. The van der Waals surface area contributed by atoms with Gasteiger partial charge in [0.25, 0.3) is 5.56 Å². The molecule has 1 heterocycles. The van der Waals surface area contributed by atoms with Gasteiger partial charge in [0.15, 0.2) is 5.75 Å². The van der Waals surface area contributed by atoms with Crippen molar-refractivity contribution in [2.24, 2.45) is 0 Å². The molecule has 0 radical (unpaired) electrons. The van der Waals surface area contributed by atoms with E-state index in [1.165, 1.54) is 13.2 Å². The summed E-state index contributed by atoms with van der Waals surface area (Å²) in [4.78, 5) is 36.9. The molecule has 0 atom stereocenters. The maximum absolute atomic E-state index is 11.4. The molecule has 2 N–H and O–H groups in total. The van der Waals surface area contributed by atoms with Gasteiger partial charge in [0.1, 0.15) is 0 Å². The smallest absolute Gasteiger partial charge is 0.326 e. The van der Waals surface area contributed by atoms with E-state index in [0.717, 1.165) is 6.07 Å². The van der Waals surface area contributed by atoms with E-state index in [9.17, 15) is 19.7 Å². The summed E-state index contributed by atoms with van der Waals surface area (Å²) < 4.78 is 4.81. The van der Waals surface area contributed by atoms with Crippen molar-refractivity contribution in [1.29, 1.82) is 0 Å². The number of hydrogen-bond donors (Lipinski definition) is 2. The zero-order valence-electron chi connectivity index (χ0n) is 8.64. The van der Waals surface area contributed by atoms with Gasteiger partial charge in [-0.1, -0.05) is 0 Å². The Labute approximate surface area is 93.0 Å². The maximum atomic E-state index is 11.4. The molecule has 0 amide bonds. The lowest BCUT2D eigenvalue weighted by Crippen LogP contribution is -2.21. The van der Waals surface area contributed by atoms with Gasteiger partial charge in [0.05, 0.1) is 22.9 Å². The average Bonchev–Trinajstić information content (AvgIpc) is 2.27. The van der Waals surface area contributed by atoms with Crippen molar-refractivity contribution in [2.75, 3.05) is 7.11 Å². The third kappa shape index (κ3) is 1.75. The number of nitro groups is 1. The van der Waals surface area contributed by atoms with E-state index in [1.54, 1.807) is 0 Å². The number of methoxy groups -OCH3 is 1. The lowest BCUT2D eigenvalue weighted by atomic mass is 10.2. The Kier molecular flexibility index (Phi) is 2.39. The molecule has 0 aliphatic heterocycles. The molecule has 0 spiro atoms. The molecule has 0 aliphatic carbocycles. The van der Waals surface area contributed by atoms with E-state index in [0.29, 0.717) is 0 Å². The molecule has 2 aromatic rings. The molecule has 0 saturated carbocycles. The summed E-state index contributed by atoms with van der Waals surface area (Å²) in [6, 6.07) is 2.30. The molecule has 2 rings (SSSR count). The monoisotopic (exact) mass is 237 g/mol. The van der Waals surface area contributed by atoms with Gasteiger partial charge in [-0.3, -0.25) is 19.9 Å². The van der Waals surface area contributed by atoms with Crippen LogP contribution in [0.25, 0.3) is 10.9 Å². The van der Waals surface area contributed by atoms with Gasteiger partial charge in [0.2, 0.25) is 0 Å². The van der Waals surface area contributed by atoms with E-state index >= 15 is 0 Å². The number of nitrogens with one attached hydrogen (secondary N) is 2. The summed E-state index contributed by atoms with van der Waals surface area (Å²) >= 11 is 0. The third-order valence-electron chi connectivity index (χ3n) is 2.24. The first-order valence-corrected chi connectivity index (χ1v) is 4.51. The topological polar surface area (TPSA) is 118 Å². The largest absolute Gasteiger partial charge is 0.490 e. The number of H-pyrrole nitrogens is 2. The van der Waals surface area contributed by atoms with E-state index in [-0.39, 0.29) is 22.3 Å². The lowest BCUT2D eigenvalue weighted by molar-refractivity contribution is -0.385. The number of fused-ring (bicyclic) bond motifs is 1. The molecule has 17 heavy (non-hydrogen) atoms. The SMILES string of the molecule is COc1cc2c(=O)[nH]c(=O)[nH]c2cc1[N+](=O)[O-]. The maximum Gasteiger partial charge on any atom is 0.326 e. The van der Waals surface area contributed by atoms with Crippen molar-refractivity contribution >= 4 is 16.6 Å². The second-order valence-corrected chi connectivity index (χ2v) is 3.23. The van der Waals surface area contributed by atoms with Crippen LogP contribution < -0.4 is 16.0 Å². The Morgan fingerprint density at radius 2 is 2.00 bits per heavy atom. The van der Waals surface area contributed by atoms with Crippen LogP contribution in [0.3, 0.4) is 0 Å². The van der Waals surface area contributed by atoms with Crippen molar-refractivity contribution in [3.05, 3.63) is 43.1 Å². The molecule has 8 heteroatoms. The molecule has 0 fully saturated rings. The molecule has 88 valence electrons. The van der Waals surface area contributed by atoms with Crippen LogP contribution in [-0.2, 0) is 0 Å². The standard InChI is InChI=1S/C9H7N3O5/c1-17-7-2-4-5(3-6(7)12(15)16)10-9(14)11-8(4)13/h2-3H,1H3,(H2,10,11,13,14). The van der Waals surface area contributed by atoms with Crippen LogP contribution in [-0.4, -0.2) is 22.0 Å². The molecular formula is C9H7N3O5. The summed E-state index contributed by atoms with van der Waals surface area (Å²) in [5, 5.41) is 10.9. The van der Waals surface area contributed by atoms with Gasteiger partial charge in [-0.2, -0.15) is 0 Å². The van der Waals surface area contributed by atoms with E-state index < -0.39 is 16.2 Å². The van der Waals surface area contributed by atoms with Gasteiger partial charge >= 0.3 is 11.4 Å². The van der Waals surface area contributed by atoms with Crippen LogP contribution in [0.5, 0.6) is 5.75 Å². The Balaban J connectivity index is 2.93. The van der Waals surface area contributed by atoms with E-state index in [2.05, 4.69) is 4.98 Å². The Morgan fingerprint density at radius 3 is 2.59 bits per heavy atom. The number of aromatic nitrogens is 2. The van der Waals surface area contributed by atoms with Crippen LogP contribution in [0, 0.1) is 10.1 Å². The number of hydrogen-bond acceptors (Lipinski definition) is 5. The summed E-state index contributed by atoms with van der Waals surface area (Å²) in [5.41, 5.74) is -1.58. The normalized spacial score (nSPS) is 10.4. The number of nitro benzene ring substituents is 1. The Morgan fingerprint density at radius 1 is 1.29 bits per heavy atom. The highest BCUT2D eigenvalue weighted by Gasteiger charge is 2.17. The van der Waals surface area contributed by atoms with Gasteiger partial charge in [-0.25, -0.2) is 4.79 Å². The summed E-state index contributed by atoms with van der Waals surface area (Å²) in [6.07, 6.45) is 0. The predicted octanol–water partition coefficient (Wildman–Crippen LogP) is 0.133. The van der Waals surface area contributed by atoms with Gasteiger partial charge in [-0.15, -0.1) is 0 Å². The summed E-state index contributed by atoms with van der Waals surface area (Å²) in [5.74, 6) is -0.0416. The van der Waals surface area contributed by atoms with Crippen molar-refractivity contribution in [1.82, 2.24) is 9.97 Å². The Hall–Kier alpha value is -2.64.